The van der Waals surface area contributed by atoms with E-state index in [1.165, 1.54) is 47.7 Å². The molecule has 0 radical (unpaired) electrons. The van der Waals surface area contributed by atoms with Crippen LogP contribution in [-0.2, 0) is 4.79 Å². The van der Waals surface area contributed by atoms with Gasteiger partial charge in [0.25, 0.3) is 0 Å². The summed E-state index contributed by atoms with van der Waals surface area (Å²) in [6.07, 6.45) is 7.82. The van der Waals surface area contributed by atoms with Gasteiger partial charge in [-0.15, -0.1) is 0 Å². The second kappa shape index (κ2) is 10.7. The molecule has 2 fully saturated rings. The van der Waals surface area contributed by atoms with Gasteiger partial charge in [-0.1, -0.05) is 61.7 Å². The molecule has 3 aromatic rings. The number of likely N-dealkylation sites (tertiary alicyclic amines) is 1. The summed E-state index contributed by atoms with van der Waals surface area (Å²) in [6, 6.07) is 21.8. The highest BCUT2D eigenvalue weighted by atomic mass is 19.1. The fraction of sp³-hybridized carbons (Fsp3) is 0.433. The quantitative estimate of drug-likeness (QED) is 0.390. The first-order valence-electron chi connectivity index (χ1n) is 12.9. The standard InChI is InChI=1S/C30H35FN2O/c31-28-12-14-29(15-13-28)33(30(34)20-23-6-2-1-3-7-23)19-18-32-17-16-27(22-32)26-11-10-24-8-4-5-9-25(24)21-26/h4-5,8-15,21,23,27H,1-3,6-7,16-20,22H2. The van der Waals surface area contributed by atoms with E-state index >= 15 is 0 Å². The van der Waals surface area contributed by atoms with E-state index in [-0.39, 0.29) is 11.7 Å². The maximum atomic E-state index is 13.5. The smallest absolute Gasteiger partial charge is 0.227 e. The zero-order valence-corrected chi connectivity index (χ0v) is 20.0. The van der Waals surface area contributed by atoms with E-state index < -0.39 is 0 Å². The minimum atomic E-state index is -0.263. The molecule has 0 spiro atoms. The Hall–Kier alpha value is -2.72. The molecule has 1 amide bonds. The van der Waals surface area contributed by atoms with Crippen LogP contribution in [0.15, 0.2) is 66.7 Å². The molecule has 0 bridgehead atoms. The van der Waals surface area contributed by atoms with Crippen LogP contribution >= 0.6 is 0 Å². The van der Waals surface area contributed by atoms with Crippen molar-refractivity contribution in [2.45, 2.75) is 50.9 Å². The van der Waals surface area contributed by atoms with E-state index in [4.69, 9.17) is 0 Å². The van der Waals surface area contributed by atoms with Crippen molar-refractivity contribution in [2.24, 2.45) is 5.92 Å². The van der Waals surface area contributed by atoms with Crippen LogP contribution in [0.5, 0.6) is 0 Å². The highest BCUT2D eigenvalue weighted by Gasteiger charge is 2.26. The molecule has 1 unspecified atom stereocenters. The highest BCUT2D eigenvalue weighted by Crippen LogP contribution is 2.31. The molecule has 178 valence electrons. The number of hydrogen-bond acceptors (Lipinski definition) is 2. The minimum Gasteiger partial charge on any atom is -0.311 e. The summed E-state index contributed by atoms with van der Waals surface area (Å²) in [5.41, 5.74) is 2.22. The SMILES string of the molecule is O=C(CC1CCCCC1)N(CCN1CCC(c2ccc3ccccc3c2)C1)c1ccc(F)cc1. The Bertz CT molecular complexity index is 1110. The molecule has 0 N–H and O–H groups in total. The van der Waals surface area contributed by atoms with Crippen LogP contribution in [0.25, 0.3) is 10.8 Å². The molecule has 2 aliphatic rings. The number of fused-ring (bicyclic) bond motifs is 1. The molecule has 1 saturated heterocycles. The lowest BCUT2D eigenvalue weighted by Crippen LogP contribution is -2.39. The Morgan fingerprint density at radius 1 is 0.912 bits per heavy atom. The topological polar surface area (TPSA) is 23.6 Å². The van der Waals surface area contributed by atoms with Gasteiger partial charge in [-0.05, 0) is 78.2 Å². The lowest BCUT2D eigenvalue weighted by molar-refractivity contribution is -0.119. The second-order valence-corrected chi connectivity index (χ2v) is 10.1. The molecule has 5 rings (SSSR count). The Kier molecular flexibility index (Phi) is 7.24. The van der Waals surface area contributed by atoms with Gasteiger partial charge in [0, 0.05) is 31.7 Å². The fourth-order valence-electron chi connectivity index (χ4n) is 5.78. The molecule has 1 atom stereocenters. The molecule has 1 aliphatic heterocycles. The summed E-state index contributed by atoms with van der Waals surface area (Å²) < 4.78 is 13.5. The van der Waals surface area contributed by atoms with Crippen molar-refractivity contribution in [3.63, 3.8) is 0 Å². The molecule has 1 heterocycles. The first kappa shape index (κ1) is 23.0. The van der Waals surface area contributed by atoms with Crippen molar-refractivity contribution >= 4 is 22.4 Å². The van der Waals surface area contributed by atoms with Gasteiger partial charge in [0.15, 0.2) is 0 Å². The van der Waals surface area contributed by atoms with Crippen molar-refractivity contribution in [1.29, 1.82) is 0 Å². The third-order valence-corrected chi connectivity index (χ3v) is 7.78. The van der Waals surface area contributed by atoms with Gasteiger partial charge in [0.05, 0.1) is 0 Å². The van der Waals surface area contributed by atoms with E-state index in [2.05, 4.69) is 47.4 Å². The molecular weight excluding hydrogens is 423 g/mol. The Morgan fingerprint density at radius 3 is 2.47 bits per heavy atom. The van der Waals surface area contributed by atoms with Crippen molar-refractivity contribution in [1.82, 2.24) is 4.90 Å². The normalized spacial score (nSPS) is 19.5. The Morgan fingerprint density at radius 2 is 1.68 bits per heavy atom. The largest absolute Gasteiger partial charge is 0.311 e. The zero-order valence-electron chi connectivity index (χ0n) is 20.0. The lowest BCUT2D eigenvalue weighted by Gasteiger charge is -2.29. The number of benzene rings is 3. The van der Waals surface area contributed by atoms with E-state index in [0.717, 1.165) is 44.6 Å². The summed E-state index contributed by atoms with van der Waals surface area (Å²) in [6.45, 7) is 3.57. The van der Waals surface area contributed by atoms with E-state index in [1.807, 2.05) is 4.90 Å². The predicted octanol–water partition coefficient (Wildman–Crippen LogP) is 6.77. The number of carbonyl (C=O) groups is 1. The second-order valence-electron chi connectivity index (χ2n) is 10.1. The summed E-state index contributed by atoms with van der Waals surface area (Å²) in [7, 11) is 0. The van der Waals surface area contributed by atoms with Gasteiger partial charge in [-0.3, -0.25) is 4.79 Å². The number of rotatable bonds is 7. The molecule has 3 aromatic carbocycles. The van der Waals surface area contributed by atoms with Gasteiger partial charge in [0.2, 0.25) is 5.91 Å². The number of carbonyl (C=O) groups excluding carboxylic acids is 1. The van der Waals surface area contributed by atoms with Gasteiger partial charge in [0.1, 0.15) is 5.82 Å². The monoisotopic (exact) mass is 458 g/mol. The molecule has 34 heavy (non-hydrogen) atoms. The summed E-state index contributed by atoms with van der Waals surface area (Å²) in [5.74, 6) is 0.945. The summed E-state index contributed by atoms with van der Waals surface area (Å²) in [5, 5.41) is 2.58. The Balaban J connectivity index is 1.23. The van der Waals surface area contributed by atoms with E-state index in [9.17, 15) is 9.18 Å². The van der Waals surface area contributed by atoms with Crippen molar-refractivity contribution < 1.29 is 9.18 Å². The predicted molar refractivity (Wildman–Crippen MR) is 138 cm³/mol. The van der Waals surface area contributed by atoms with Gasteiger partial charge >= 0.3 is 0 Å². The fourth-order valence-corrected chi connectivity index (χ4v) is 5.78. The molecule has 1 aliphatic carbocycles. The zero-order chi connectivity index (χ0) is 23.3. The van der Waals surface area contributed by atoms with E-state index in [1.54, 1.807) is 12.1 Å². The maximum Gasteiger partial charge on any atom is 0.227 e. The summed E-state index contributed by atoms with van der Waals surface area (Å²) >= 11 is 0. The number of amides is 1. The molecule has 1 saturated carbocycles. The van der Waals surface area contributed by atoms with Crippen LogP contribution in [0.4, 0.5) is 10.1 Å². The Labute approximate surface area is 202 Å². The molecule has 0 aromatic heterocycles. The average molecular weight is 459 g/mol. The third kappa shape index (κ3) is 5.50. The number of halogens is 1. The lowest BCUT2D eigenvalue weighted by atomic mass is 9.86. The average Bonchev–Trinajstić information content (AvgIpc) is 3.34. The van der Waals surface area contributed by atoms with Crippen molar-refractivity contribution in [2.75, 3.05) is 31.1 Å². The van der Waals surface area contributed by atoms with Crippen LogP contribution in [0.3, 0.4) is 0 Å². The van der Waals surface area contributed by atoms with Gasteiger partial charge in [-0.25, -0.2) is 4.39 Å². The summed E-state index contributed by atoms with van der Waals surface area (Å²) in [4.78, 5) is 17.7. The molecule has 4 heteroatoms. The minimum absolute atomic E-state index is 0.184. The first-order valence-corrected chi connectivity index (χ1v) is 12.9. The maximum absolute atomic E-state index is 13.5. The molecule has 3 nitrogen and oxygen atoms in total. The van der Waals surface area contributed by atoms with Crippen LogP contribution in [0.2, 0.25) is 0 Å². The van der Waals surface area contributed by atoms with E-state index in [0.29, 0.717) is 24.8 Å². The van der Waals surface area contributed by atoms with Crippen LogP contribution in [0, 0.1) is 11.7 Å². The van der Waals surface area contributed by atoms with Gasteiger partial charge < -0.3 is 9.80 Å². The van der Waals surface area contributed by atoms with Gasteiger partial charge in [-0.2, -0.15) is 0 Å². The van der Waals surface area contributed by atoms with Crippen LogP contribution in [-0.4, -0.2) is 37.0 Å². The number of nitrogens with zero attached hydrogens (tertiary/aromatic N) is 2. The van der Waals surface area contributed by atoms with Crippen LogP contribution in [0.1, 0.15) is 56.4 Å². The first-order chi connectivity index (χ1) is 16.7. The van der Waals surface area contributed by atoms with Crippen LogP contribution < -0.4 is 4.90 Å². The third-order valence-electron chi connectivity index (χ3n) is 7.78. The number of anilines is 1. The highest BCUT2D eigenvalue weighted by molar-refractivity contribution is 5.93. The van der Waals surface area contributed by atoms with Crippen molar-refractivity contribution in [3.05, 3.63) is 78.1 Å². The van der Waals surface area contributed by atoms with Crippen molar-refractivity contribution in [3.8, 4) is 0 Å². The molecular formula is C30H35FN2O. The number of hydrogen-bond donors (Lipinski definition) is 0.